The monoisotopic (exact) mass is 397 g/mol. The van der Waals surface area contributed by atoms with Crippen LogP contribution in [0.4, 0.5) is 21.7 Å². The van der Waals surface area contributed by atoms with Gasteiger partial charge in [-0.3, -0.25) is 0 Å². The van der Waals surface area contributed by atoms with Crippen LogP contribution in [-0.4, -0.2) is 43.8 Å². The molecule has 1 atom stereocenters. The summed E-state index contributed by atoms with van der Waals surface area (Å²) in [5.74, 6) is 1.22. The van der Waals surface area contributed by atoms with Crippen LogP contribution < -0.4 is 20.3 Å². The first-order valence-corrected chi connectivity index (χ1v) is 10.1. The van der Waals surface area contributed by atoms with Crippen molar-refractivity contribution in [1.29, 1.82) is 0 Å². The van der Waals surface area contributed by atoms with Crippen LogP contribution in [0.1, 0.15) is 36.2 Å². The molecule has 3 heterocycles. The number of anilines is 3. The van der Waals surface area contributed by atoms with Crippen molar-refractivity contribution in [3.05, 3.63) is 41.0 Å². The molecule has 0 unspecified atom stereocenters. The van der Waals surface area contributed by atoms with E-state index >= 15 is 4.39 Å². The van der Waals surface area contributed by atoms with Gasteiger partial charge in [0.2, 0.25) is 0 Å². The van der Waals surface area contributed by atoms with Crippen molar-refractivity contribution in [2.45, 2.75) is 38.6 Å². The Morgan fingerprint density at radius 2 is 2.03 bits per heavy atom. The maximum atomic E-state index is 15.8. The molecule has 0 radical (unpaired) electrons. The number of nitrogens with zero attached hydrogens (tertiary/aromatic N) is 3. The number of fused-ring (bicyclic) bond motifs is 1. The highest BCUT2D eigenvalue weighted by Gasteiger charge is 2.30. The zero-order chi connectivity index (χ0) is 20.5. The number of hydrogen-bond donors (Lipinski definition) is 2. The molecular weight excluding hydrogens is 369 g/mol. The molecule has 2 N–H and O–H groups in total. The van der Waals surface area contributed by atoms with Gasteiger partial charge in [0, 0.05) is 44.0 Å². The second-order valence-corrected chi connectivity index (χ2v) is 7.65. The minimum atomic E-state index is -0.336. The molecule has 0 spiro atoms. The van der Waals surface area contributed by atoms with E-state index in [0.717, 1.165) is 41.9 Å². The van der Waals surface area contributed by atoms with Crippen molar-refractivity contribution in [3.63, 3.8) is 0 Å². The van der Waals surface area contributed by atoms with Crippen LogP contribution in [0.2, 0.25) is 0 Å². The van der Waals surface area contributed by atoms with E-state index in [1.165, 1.54) is 0 Å². The van der Waals surface area contributed by atoms with Crippen LogP contribution >= 0.6 is 0 Å². The Morgan fingerprint density at radius 3 is 2.72 bits per heavy atom. The number of rotatable bonds is 5. The lowest BCUT2D eigenvalue weighted by Crippen LogP contribution is -2.26. The predicted octanol–water partition coefficient (Wildman–Crippen LogP) is 3.82. The Hall–Kier alpha value is -2.67. The summed E-state index contributed by atoms with van der Waals surface area (Å²) < 4.78 is 21.6. The van der Waals surface area contributed by atoms with Crippen molar-refractivity contribution < 1.29 is 9.13 Å². The van der Waals surface area contributed by atoms with Gasteiger partial charge in [0.15, 0.2) is 17.4 Å². The number of allylic oxidation sites excluding steroid dienone is 1. The summed E-state index contributed by atoms with van der Waals surface area (Å²) in [7, 11) is 5.64. The van der Waals surface area contributed by atoms with Crippen LogP contribution in [0, 0.1) is 12.7 Å². The molecule has 0 fully saturated rings. The van der Waals surface area contributed by atoms with E-state index in [4.69, 9.17) is 4.74 Å². The first-order chi connectivity index (χ1) is 14.0. The molecule has 1 aliphatic carbocycles. The molecule has 2 aromatic rings. The normalized spacial score (nSPS) is 18.1. The zero-order valence-corrected chi connectivity index (χ0v) is 17.5. The molecule has 29 heavy (non-hydrogen) atoms. The van der Waals surface area contributed by atoms with E-state index in [0.29, 0.717) is 42.0 Å². The number of pyridine rings is 2. The minimum absolute atomic E-state index is 0.293. The standard InChI is InChI=1S/C22H28FN5O/c1-13-11-16(25-3)12-18(26-13)28(4)22-20(23)19(21-17(27-22)9-10-29-21)14-5-7-15(24-2)8-6-14/h5,11-12,15,24H,6-10H2,1-4H3,(H,25,26)/t15-/m1/s1. The Labute approximate surface area is 171 Å². The lowest BCUT2D eigenvalue weighted by Gasteiger charge is -2.25. The maximum Gasteiger partial charge on any atom is 0.177 e. The number of aromatic nitrogens is 2. The lowest BCUT2D eigenvalue weighted by molar-refractivity contribution is 0.353. The van der Waals surface area contributed by atoms with Gasteiger partial charge in [-0.25, -0.2) is 14.4 Å². The van der Waals surface area contributed by atoms with Crippen LogP contribution in [0.3, 0.4) is 0 Å². The summed E-state index contributed by atoms with van der Waals surface area (Å²) in [4.78, 5) is 10.9. The van der Waals surface area contributed by atoms with Crippen LogP contribution in [-0.2, 0) is 6.42 Å². The van der Waals surface area contributed by atoms with Crippen LogP contribution in [0.5, 0.6) is 5.75 Å². The fourth-order valence-corrected chi connectivity index (χ4v) is 4.07. The Bertz CT molecular complexity index is 959. The average Bonchev–Trinajstić information content (AvgIpc) is 3.20. The first-order valence-electron chi connectivity index (χ1n) is 10.1. The summed E-state index contributed by atoms with van der Waals surface area (Å²) in [5.41, 5.74) is 4.19. The highest BCUT2D eigenvalue weighted by atomic mass is 19.1. The Morgan fingerprint density at radius 1 is 1.21 bits per heavy atom. The summed E-state index contributed by atoms with van der Waals surface area (Å²) in [6, 6.07) is 4.29. The third kappa shape index (κ3) is 3.67. The van der Waals surface area contributed by atoms with Gasteiger partial charge >= 0.3 is 0 Å². The molecule has 4 rings (SSSR count). The van der Waals surface area contributed by atoms with Crippen molar-refractivity contribution in [2.24, 2.45) is 0 Å². The number of ether oxygens (including phenoxy) is 1. The average molecular weight is 397 g/mol. The van der Waals surface area contributed by atoms with Gasteiger partial charge in [0.1, 0.15) is 5.82 Å². The number of aryl methyl sites for hydroxylation is 1. The molecule has 0 aromatic carbocycles. The summed E-state index contributed by atoms with van der Waals surface area (Å²) in [6.45, 7) is 2.47. The van der Waals surface area contributed by atoms with Crippen molar-refractivity contribution >= 4 is 22.9 Å². The fourth-order valence-electron chi connectivity index (χ4n) is 4.07. The van der Waals surface area contributed by atoms with Crippen LogP contribution in [0.15, 0.2) is 18.2 Å². The van der Waals surface area contributed by atoms with Gasteiger partial charge in [0.05, 0.1) is 17.9 Å². The zero-order valence-electron chi connectivity index (χ0n) is 17.5. The molecule has 1 aliphatic heterocycles. The largest absolute Gasteiger partial charge is 0.491 e. The van der Waals surface area contributed by atoms with E-state index in [1.807, 2.05) is 40.2 Å². The third-order valence-corrected chi connectivity index (χ3v) is 5.76. The summed E-state index contributed by atoms with van der Waals surface area (Å²) >= 11 is 0. The number of nitrogens with one attached hydrogen (secondary N) is 2. The molecule has 6 nitrogen and oxygen atoms in total. The highest BCUT2D eigenvalue weighted by molar-refractivity contribution is 5.77. The van der Waals surface area contributed by atoms with Gasteiger partial charge in [-0.05, 0) is 44.9 Å². The molecule has 154 valence electrons. The van der Waals surface area contributed by atoms with Gasteiger partial charge in [-0.15, -0.1) is 0 Å². The number of hydrogen-bond acceptors (Lipinski definition) is 6. The Kier molecular flexibility index (Phi) is 5.41. The second kappa shape index (κ2) is 7.99. The Balaban J connectivity index is 1.80. The minimum Gasteiger partial charge on any atom is -0.491 e. The van der Waals surface area contributed by atoms with Gasteiger partial charge in [-0.2, -0.15) is 0 Å². The highest BCUT2D eigenvalue weighted by Crippen LogP contribution is 2.42. The van der Waals surface area contributed by atoms with Gasteiger partial charge in [0.25, 0.3) is 0 Å². The first kappa shape index (κ1) is 19.6. The van der Waals surface area contributed by atoms with E-state index in [-0.39, 0.29) is 5.82 Å². The van der Waals surface area contributed by atoms with E-state index in [9.17, 15) is 0 Å². The predicted molar refractivity (Wildman–Crippen MR) is 115 cm³/mol. The van der Waals surface area contributed by atoms with Gasteiger partial charge in [-0.1, -0.05) is 6.08 Å². The summed E-state index contributed by atoms with van der Waals surface area (Å²) in [6.07, 6.45) is 5.52. The van der Waals surface area contributed by atoms with E-state index in [2.05, 4.69) is 26.7 Å². The van der Waals surface area contributed by atoms with E-state index < -0.39 is 0 Å². The SMILES string of the molecule is CNc1cc(C)nc(N(C)c2nc3c(c(C4=CC[C@@H](NC)CC4)c2F)OCC3)c1. The number of halogens is 1. The van der Waals surface area contributed by atoms with Crippen molar-refractivity contribution in [1.82, 2.24) is 15.3 Å². The van der Waals surface area contributed by atoms with Crippen molar-refractivity contribution in [3.8, 4) is 5.75 Å². The van der Waals surface area contributed by atoms with E-state index in [1.54, 1.807) is 4.90 Å². The van der Waals surface area contributed by atoms with Gasteiger partial charge < -0.3 is 20.3 Å². The lowest BCUT2D eigenvalue weighted by atomic mass is 9.90. The molecular formula is C22H28FN5O. The molecule has 0 saturated heterocycles. The maximum absolute atomic E-state index is 15.8. The molecule has 0 saturated carbocycles. The third-order valence-electron chi connectivity index (χ3n) is 5.76. The molecule has 2 aromatic heterocycles. The molecule has 0 bridgehead atoms. The fraction of sp³-hybridized carbons (Fsp3) is 0.455. The topological polar surface area (TPSA) is 62.3 Å². The summed E-state index contributed by atoms with van der Waals surface area (Å²) in [5, 5.41) is 6.43. The quantitative estimate of drug-likeness (QED) is 0.800. The second-order valence-electron chi connectivity index (χ2n) is 7.65. The molecule has 2 aliphatic rings. The molecule has 7 heteroatoms. The van der Waals surface area contributed by atoms with Crippen LogP contribution in [0.25, 0.3) is 5.57 Å². The smallest absolute Gasteiger partial charge is 0.177 e. The van der Waals surface area contributed by atoms with Crippen molar-refractivity contribution in [2.75, 3.05) is 38.0 Å². The molecule has 0 amide bonds.